The highest BCUT2D eigenvalue weighted by atomic mass is 16.6. The van der Waals surface area contributed by atoms with Crippen LogP contribution in [-0.2, 0) is 62.3 Å². The van der Waals surface area contributed by atoms with Gasteiger partial charge in [0, 0.05) is 138 Å². The minimum absolute atomic E-state index is 0.302. The first-order valence-corrected chi connectivity index (χ1v) is 24.2. The van der Waals surface area contributed by atoms with Crippen molar-refractivity contribution in [3.05, 3.63) is 60.2 Å². The molecule has 0 aliphatic carbocycles. The summed E-state index contributed by atoms with van der Waals surface area (Å²) in [6, 6.07) is 8.21. The van der Waals surface area contributed by atoms with Gasteiger partial charge < -0.3 is 80.5 Å². The molecule has 0 saturated heterocycles. The molecule has 0 amide bonds. The van der Waals surface area contributed by atoms with Crippen LogP contribution in [0.15, 0.2) is 54.6 Å². The molecule has 0 aromatic heterocycles. The third-order valence-electron chi connectivity index (χ3n) is 9.44. The summed E-state index contributed by atoms with van der Waals surface area (Å²) in [4.78, 5) is 165. The van der Waals surface area contributed by atoms with E-state index in [1.165, 1.54) is 0 Å². The lowest BCUT2D eigenvalue weighted by molar-refractivity contribution is -0.134. The van der Waals surface area contributed by atoms with Gasteiger partial charge in [0.15, 0.2) is 63.2 Å². The lowest BCUT2D eigenvalue weighted by atomic mass is 10.1. The second-order valence-electron chi connectivity index (χ2n) is 16.9. The minimum Gasteiger partial charge on any atom is -0.465 e. The minimum atomic E-state index is -1.38. The maximum absolute atomic E-state index is 13.8. The molecule has 0 spiro atoms. The average Bonchev–Trinajstić information content (AvgIpc) is 0.909. The summed E-state index contributed by atoms with van der Waals surface area (Å²) in [7, 11) is 0.876. The molecule has 30 heteroatoms. The molecule has 5 aromatic rings. The molecule has 30 nitrogen and oxygen atoms in total. The van der Waals surface area contributed by atoms with Crippen molar-refractivity contribution in [2.75, 3.05) is 7.11 Å². The molecule has 0 atom stereocenters. The van der Waals surface area contributed by atoms with Crippen molar-refractivity contribution in [3.63, 3.8) is 0 Å². The van der Waals surface area contributed by atoms with E-state index in [1.807, 2.05) is 0 Å². The lowest BCUT2D eigenvalue weighted by Gasteiger charge is -2.23. The first-order valence-electron chi connectivity index (χ1n) is 24.2. The third-order valence-corrected chi connectivity index (χ3v) is 9.44. The van der Waals surface area contributed by atoms with Crippen molar-refractivity contribution < 1.29 is 143 Å². The Bertz CT molecular complexity index is 3510. The van der Waals surface area contributed by atoms with Crippen LogP contribution >= 0.6 is 0 Å². The fourth-order valence-corrected chi connectivity index (χ4v) is 7.01. The SMILES string of the molecule is COC(=O)c1c(OC(C)=O)cc(Oc2c(OC(C)=O)cc(Oc3c(OC(C)=O)cc(OC(C)=O)cc3OC(C)=O)cc2OC(C)=O)c(Oc2cc(OC(C)=O)c(Oc3c(OC(C)=O)cc(OC(C)=O)cc3OC(C)=O)c(OC(C)=O)c2)c1OC(C)=O. The van der Waals surface area contributed by atoms with Crippen LogP contribution in [0.1, 0.15) is 93.4 Å². The van der Waals surface area contributed by atoms with Gasteiger partial charge >= 0.3 is 77.6 Å². The van der Waals surface area contributed by atoms with Crippen LogP contribution in [0.25, 0.3) is 0 Å². The topological polar surface area (TPSA) is 379 Å². The number of carbonyl (C=O) groups excluding carboxylic acids is 13. The van der Waals surface area contributed by atoms with E-state index < -0.39 is 187 Å². The van der Waals surface area contributed by atoms with E-state index in [1.54, 1.807) is 0 Å². The molecule has 0 saturated carbocycles. The highest BCUT2D eigenvalue weighted by Crippen LogP contribution is 2.56. The fraction of sp³-hybridized carbons (Fsp3) is 0.232. The zero-order valence-corrected chi connectivity index (χ0v) is 47.4. The Labute approximate surface area is 484 Å². The molecule has 452 valence electrons. The molecule has 0 radical (unpaired) electrons. The molecule has 86 heavy (non-hydrogen) atoms. The van der Waals surface area contributed by atoms with Gasteiger partial charge in [-0.15, -0.1) is 0 Å². The summed E-state index contributed by atoms with van der Waals surface area (Å²) in [5, 5.41) is 0. The number of carbonyl (C=O) groups is 13. The number of methoxy groups -OCH3 is 1. The Kier molecular flexibility index (Phi) is 21.5. The van der Waals surface area contributed by atoms with Crippen LogP contribution in [0, 0.1) is 0 Å². The van der Waals surface area contributed by atoms with E-state index in [4.69, 9.17) is 80.5 Å². The summed E-state index contributed by atoms with van der Waals surface area (Å²) in [6.45, 7) is 11.3. The van der Waals surface area contributed by atoms with Gasteiger partial charge in [0.25, 0.3) is 0 Å². The molecule has 0 unspecified atom stereocenters. The summed E-state index contributed by atoms with van der Waals surface area (Å²) >= 11 is 0. The van der Waals surface area contributed by atoms with Gasteiger partial charge in [-0.05, 0) is 0 Å². The van der Waals surface area contributed by atoms with Crippen molar-refractivity contribution in [1.82, 2.24) is 0 Å². The first-order chi connectivity index (χ1) is 40.3. The Hall–Kier alpha value is -11.6. The predicted octanol–water partition coefficient (Wildman–Crippen LogP) is 7.75. The molecule has 0 fully saturated rings. The van der Waals surface area contributed by atoms with Gasteiger partial charge in [-0.3, -0.25) is 57.5 Å². The lowest BCUT2D eigenvalue weighted by Crippen LogP contribution is -2.15. The normalized spacial score (nSPS) is 10.3. The molecular formula is C56H48O30. The van der Waals surface area contributed by atoms with E-state index in [9.17, 15) is 62.3 Å². The quantitative estimate of drug-likeness (QED) is 0.0500. The van der Waals surface area contributed by atoms with E-state index in [2.05, 4.69) is 0 Å². The Morgan fingerprint density at radius 2 is 0.453 bits per heavy atom. The molecular weight excluding hydrogens is 1150 g/mol. The number of hydrogen-bond acceptors (Lipinski definition) is 30. The van der Waals surface area contributed by atoms with Crippen LogP contribution < -0.4 is 75.8 Å². The standard InChI is InChI=1S/C56H48O30/c1-23(57)71-35-14-40(74-26(4)60)50(41(15-35)75-27(5)61)83-37-18-42(76-28(6)62)51(43(19-37)77-29(7)63)85-48-22-39(73-25(3)59)49(56(69)70-13)55(82-34(12)68)54(48)84-38-20-46(80-32(10)66)53(47(21-38)81-33(11)67)86-52-44(78-30(8)64)16-36(72-24(2)58)17-45(52)79-31(9)65/h14-22H,1-13H3. The molecule has 0 N–H and O–H groups in total. The van der Waals surface area contributed by atoms with E-state index >= 15 is 0 Å². The Balaban J connectivity index is 1.91. The van der Waals surface area contributed by atoms with Crippen LogP contribution in [0.4, 0.5) is 0 Å². The van der Waals surface area contributed by atoms with Gasteiger partial charge in [0.05, 0.1) is 7.11 Å². The molecule has 0 heterocycles. The summed E-state index contributed by atoms with van der Waals surface area (Å²) < 4.78 is 94.1. The van der Waals surface area contributed by atoms with E-state index in [-0.39, 0.29) is 11.5 Å². The summed E-state index contributed by atoms with van der Waals surface area (Å²) in [6.07, 6.45) is 0. The van der Waals surface area contributed by atoms with E-state index in [0.717, 1.165) is 145 Å². The highest BCUT2D eigenvalue weighted by molar-refractivity contribution is 5.99. The van der Waals surface area contributed by atoms with Gasteiger partial charge in [-0.2, -0.15) is 0 Å². The molecule has 5 aromatic carbocycles. The van der Waals surface area contributed by atoms with Crippen molar-refractivity contribution in [1.29, 1.82) is 0 Å². The number of ether oxygens (including phenoxy) is 17. The Morgan fingerprint density at radius 3 is 0.721 bits per heavy atom. The van der Waals surface area contributed by atoms with Crippen molar-refractivity contribution in [2.24, 2.45) is 0 Å². The van der Waals surface area contributed by atoms with Gasteiger partial charge in [-0.25, -0.2) is 4.79 Å². The smallest absolute Gasteiger partial charge is 0.345 e. The second kappa shape index (κ2) is 28.4. The number of rotatable bonds is 21. The average molecular weight is 1200 g/mol. The van der Waals surface area contributed by atoms with Crippen LogP contribution in [0.5, 0.6) is 115 Å². The van der Waals surface area contributed by atoms with Gasteiger partial charge in [-0.1, -0.05) is 0 Å². The van der Waals surface area contributed by atoms with Gasteiger partial charge in [0.2, 0.25) is 28.7 Å². The molecule has 0 bridgehead atoms. The highest BCUT2D eigenvalue weighted by Gasteiger charge is 2.35. The third kappa shape index (κ3) is 18.2. The van der Waals surface area contributed by atoms with Crippen molar-refractivity contribution in [2.45, 2.75) is 83.1 Å². The molecule has 5 rings (SSSR count). The summed E-state index contributed by atoms with van der Waals surface area (Å²) in [5.74, 6) is -27.2. The Morgan fingerprint density at radius 1 is 0.221 bits per heavy atom. The zero-order valence-electron chi connectivity index (χ0n) is 47.4. The maximum Gasteiger partial charge on any atom is 0.345 e. The van der Waals surface area contributed by atoms with Crippen molar-refractivity contribution >= 4 is 77.6 Å². The number of esters is 13. The summed E-state index contributed by atoms with van der Waals surface area (Å²) in [5.41, 5.74) is -0.870. The predicted molar refractivity (Wildman–Crippen MR) is 280 cm³/mol. The van der Waals surface area contributed by atoms with E-state index in [0.29, 0.717) is 0 Å². The maximum atomic E-state index is 13.8. The van der Waals surface area contributed by atoms with Gasteiger partial charge in [0.1, 0.15) is 28.6 Å². The number of benzene rings is 5. The monoisotopic (exact) mass is 1200 g/mol. The molecule has 0 aliphatic rings. The molecule has 0 aliphatic heterocycles. The fourth-order valence-electron chi connectivity index (χ4n) is 7.01. The first kappa shape index (κ1) is 65.2. The van der Waals surface area contributed by atoms with Crippen LogP contribution in [0.2, 0.25) is 0 Å². The van der Waals surface area contributed by atoms with Crippen LogP contribution in [0.3, 0.4) is 0 Å². The zero-order chi connectivity index (χ0) is 64.0. The van der Waals surface area contributed by atoms with Crippen LogP contribution in [-0.4, -0.2) is 84.7 Å². The largest absolute Gasteiger partial charge is 0.465 e. The number of hydrogen-bond donors (Lipinski definition) is 0. The second-order valence-corrected chi connectivity index (χ2v) is 16.9. The van der Waals surface area contributed by atoms with Crippen molar-refractivity contribution in [3.8, 4) is 115 Å².